The predicted octanol–water partition coefficient (Wildman–Crippen LogP) is 3.11. The van der Waals surface area contributed by atoms with Gasteiger partial charge in [-0.2, -0.15) is 8.42 Å². The molecule has 0 amide bonds. The fourth-order valence-electron chi connectivity index (χ4n) is 2.65. The van der Waals surface area contributed by atoms with Gasteiger partial charge in [-0.3, -0.25) is 4.18 Å². The molecule has 126 valence electrons. The van der Waals surface area contributed by atoms with Crippen LogP contribution in [0.4, 0.5) is 0 Å². The molecule has 0 fully saturated rings. The van der Waals surface area contributed by atoms with Crippen LogP contribution in [-0.2, 0) is 23.8 Å². The van der Waals surface area contributed by atoms with Gasteiger partial charge in [-0.1, -0.05) is 31.0 Å². The van der Waals surface area contributed by atoms with Crippen LogP contribution < -0.4 is 0 Å². The molecule has 0 bridgehead atoms. The number of hydrogen-bond acceptors (Lipinski definition) is 5. The van der Waals surface area contributed by atoms with E-state index in [9.17, 15) is 8.42 Å². The van der Waals surface area contributed by atoms with Gasteiger partial charge in [-0.15, -0.1) is 0 Å². The van der Waals surface area contributed by atoms with Crippen molar-refractivity contribution in [2.45, 2.75) is 51.2 Å². The summed E-state index contributed by atoms with van der Waals surface area (Å²) in [5, 5.41) is 0. The van der Waals surface area contributed by atoms with Gasteiger partial charge in [-0.25, -0.2) is 0 Å². The first-order valence-electron chi connectivity index (χ1n) is 7.29. The van der Waals surface area contributed by atoms with Crippen molar-refractivity contribution in [3.05, 3.63) is 28.8 Å². The van der Waals surface area contributed by atoms with E-state index in [4.69, 9.17) is 13.7 Å². The van der Waals surface area contributed by atoms with Gasteiger partial charge in [0.25, 0.3) is 10.1 Å². The number of ether oxygens (including phenoxy) is 2. The average molecular weight is 330 g/mol. The van der Waals surface area contributed by atoms with E-state index in [1.54, 1.807) is 13.8 Å². The van der Waals surface area contributed by atoms with Crippen LogP contribution in [0.3, 0.4) is 0 Å². The summed E-state index contributed by atoms with van der Waals surface area (Å²) in [6, 6.07) is 3.66. The summed E-state index contributed by atoms with van der Waals surface area (Å²) in [5.74, 6) is -1.05. The number of hydrogen-bond donors (Lipinski definition) is 0. The van der Waals surface area contributed by atoms with Gasteiger partial charge in [0.05, 0.1) is 4.90 Å². The first-order valence-corrected chi connectivity index (χ1v) is 8.69. The smallest absolute Gasteiger partial charge is 0.297 e. The minimum Gasteiger partial charge on any atom is -0.351 e. The lowest BCUT2D eigenvalue weighted by Gasteiger charge is -2.30. The Balaban J connectivity index is 3.07. The van der Waals surface area contributed by atoms with Gasteiger partial charge in [-0.05, 0) is 31.9 Å². The van der Waals surface area contributed by atoms with Gasteiger partial charge in [0.2, 0.25) is 0 Å². The van der Waals surface area contributed by atoms with E-state index in [1.165, 1.54) is 14.2 Å². The van der Waals surface area contributed by atoms with Crippen LogP contribution in [0.2, 0.25) is 0 Å². The van der Waals surface area contributed by atoms with Crippen LogP contribution in [0, 0.1) is 20.8 Å². The molecular weight excluding hydrogens is 304 g/mol. The second-order valence-corrected chi connectivity index (χ2v) is 7.07. The molecule has 0 saturated heterocycles. The maximum atomic E-state index is 12.5. The van der Waals surface area contributed by atoms with E-state index in [-0.39, 0.29) is 11.5 Å². The molecule has 0 spiro atoms. The number of rotatable bonds is 8. The van der Waals surface area contributed by atoms with Gasteiger partial charge in [0, 0.05) is 20.6 Å². The molecular formula is C16H26O5S. The highest BCUT2D eigenvalue weighted by Gasteiger charge is 2.33. The summed E-state index contributed by atoms with van der Waals surface area (Å²) < 4.78 is 41.0. The van der Waals surface area contributed by atoms with Crippen molar-refractivity contribution in [3.8, 4) is 0 Å². The van der Waals surface area contributed by atoms with Crippen LogP contribution in [-0.4, -0.2) is 35.0 Å². The highest BCUT2D eigenvalue weighted by Crippen LogP contribution is 2.26. The van der Waals surface area contributed by atoms with Gasteiger partial charge >= 0.3 is 0 Å². The topological polar surface area (TPSA) is 61.8 Å². The van der Waals surface area contributed by atoms with Crippen LogP contribution in [0.5, 0.6) is 0 Å². The van der Waals surface area contributed by atoms with Crippen LogP contribution in [0.25, 0.3) is 0 Å². The minimum absolute atomic E-state index is 0.178. The zero-order valence-corrected chi connectivity index (χ0v) is 15.0. The van der Waals surface area contributed by atoms with Gasteiger partial charge in [0.1, 0.15) is 6.61 Å². The van der Waals surface area contributed by atoms with E-state index in [0.717, 1.165) is 12.0 Å². The zero-order valence-electron chi connectivity index (χ0n) is 14.2. The van der Waals surface area contributed by atoms with E-state index < -0.39 is 15.9 Å². The lowest BCUT2D eigenvalue weighted by atomic mass is 10.1. The van der Waals surface area contributed by atoms with Crippen molar-refractivity contribution in [3.63, 3.8) is 0 Å². The Kier molecular flexibility index (Phi) is 6.55. The first-order chi connectivity index (χ1) is 10.2. The highest BCUT2D eigenvalue weighted by atomic mass is 32.2. The van der Waals surface area contributed by atoms with Crippen molar-refractivity contribution in [1.82, 2.24) is 0 Å². The highest BCUT2D eigenvalue weighted by molar-refractivity contribution is 7.86. The molecule has 0 unspecified atom stereocenters. The molecule has 1 aromatic rings. The number of benzene rings is 1. The summed E-state index contributed by atoms with van der Waals surface area (Å²) in [6.07, 6.45) is 1.33. The molecule has 0 aliphatic rings. The molecule has 6 heteroatoms. The Hall–Kier alpha value is -0.950. The third-order valence-corrected chi connectivity index (χ3v) is 5.24. The number of aryl methyl sites for hydroxylation is 3. The largest absolute Gasteiger partial charge is 0.351 e. The fraction of sp³-hybridized carbons (Fsp3) is 0.625. The zero-order chi connectivity index (χ0) is 17.0. The Bertz CT molecular complexity index is 580. The van der Waals surface area contributed by atoms with Crippen LogP contribution in [0.1, 0.15) is 36.5 Å². The predicted molar refractivity (Wildman–Crippen MR) is 85.4 cm³/mol. The molecule has 0 heterocycles. The fourth-order valence-corrected chi connectivity index (χ4v) is 4.00. The monoisotopic (exact) mass is 330 g/mol. The molecule has 1 aromatic carbocycles. The number of methoxy groups -OCH3 is 2. The third-order valence-electron chi connectivity index (χ3n) is 3.66. The third kappa shape index (κ3) is 4.29. The standard InChI is InChI=1S/C16H26O5S/c1-7-8-16(19-5,20-6)11-21-22(17,18)15-13(3)9-12(2)10-14(15)4/h9-10H,7-8,11H2,1-6H3. The van der Waals surface area contributed by atoms with Crippen molar-refractivity contribution in [2.75, 3.05) is 20.8 Å². The molecule has 5 nitrogen and oxygen atoms in total. The minimum atomic E-state index is -3.87. The first kappa shape index (κ1) is 19.1. The van der Waals surface area contributed by atoms with E-state index in [0.29, 0.717) is 17.5 Å². The Morgan fingerprint density at radius 1 is 1.05 bits per heavy atom. The van der Waals surface area contributed by atoms with Crippen LogP contribution in [0.15, 0.2) is 17.0 Å². The second-order valence-electron chi connectivity index (χ2n) is 5.51. The molecule has 0 aliphatic heterocycles. The molecule has 0 aromatic heterocycles. The molecule has 1 rings (SSSR count). The summed E-state index contributed by atoms with van der Waals surface area (Å²) in [5.41, 5.74) is 2.37. The SMILES string of the molecule is CCCC(COS(=O)(=O)c1c(C)cc(C)cc1C)(OC)OC. The Labute approximate surface area is 133 Å². The lowest BCUT2D eigenvalue weighted by Crippen LogP contribution is -2.39. The van der Waals surface area contributed by atoms with Crippen molar-refractivity contribution in [2.24, 2.45) is 0 Å². The van der Waals surface area contributed by atoms with Crippen LogP contribution >= 0.6 is 0 Å². The molecule has 0 saturated carbocycles. The van der Waals surface area contributed by atoms with Gasteiger partial charge < -0.3 is 9.47 Å². The van der Waals surface area contributed by atoms with Crippen molar-refractivity contribution >= 4 is 10.1 Å². The average Bonchev–Trinajstić information content (AvgIpc) is 2.42. The van der Waals surface area contributed by atoms with E-state index in [2.05, 4.69) is 0 Å². The Morgan fingerprint density at radius 2 is 1.55 bits per heavy atom. The summed E-state index contributed by atoms with van der Waals surface area (Å²) in [6.45, 7) is 7.25. The summed E-state index contributed by atoms with van der Waals surface area (Å²) in [4.78, 5) is 0.218. The molecule has 22 heavy (non-hydrogen) atoms. The van der Waals surface area contributed by atoms with Gasteiger partial charge in [0.15, 0.2) is 5.79 Å². The van der Waals surface area contributed by atoms with Crippen molar-refractivity contribution < 1.29 is 22.1 Å². The molecule has 0 aliphatic carbocycles. The summed E-state index contributed by atoms with van der Waals surface area (Å²) >= 11 is 0. The van der Waals surface area contributed by atoms with Crippen molar-refractivity contribution in [1.29, 1.82) is 0 Å². The maximum Gasteiger partial charge on any atom is 0.297 e. The normalized spacial score (nSPS) is 12.6. The molecule has 0 radical (unpaired) electrons. The lowest BCUT2D eigenvalue weighted by molar-refractivity contribution is -0.225. The molecule has 0 atom stereocenters. The quantitative estimate of drug-likeness (QED) is 0.541. The Morgan fingerprint density at radius 3 is 1.95 bits per heavy atom. The maximum absolute atomic E-state index is 12.5. The molecule has 0 N–H and O–H groups in total. The summed E-state index contributed by atoms with van der Waals surface area (Å²) in [7, 11) is -0.903. The van der Waals surface area contributed by atoms with E-state index in [1.807, 2.05) is 26.0 Å². The van der Waals surface area contributed by atoms with E-state index >= 15 is 0 Å². The second kappa shape index (κ2) is 7.55.